The van der Waals surface area contributed by atoms with Crippen molar-refractivity contribution >= 4 is 17.5 Å². The highest BCUT2D eigenvalue weighted by molar-refractivity contribution is 5.97. The van der Waals surface area contributed by atoms with Crippen LogP contribution in [0.15, 0.2) is 48.5 Å². The molecule has 140 valence electrons. The van der Waals surface area contributed by atoms with Crippen molar-refractivity contribution in [2.75, 3.05) is 12.3 Å². The molecule has 2 aromatic rings. The number of anilines is 1. The smallest absolute Gasteiger partial charge is 0.266 e. The van der Waals surface area contributed by atoms with Crippen LogP contribution in [0.5, 0.6) is 0 Å². The average Bonchev–Trinajstić information content (AvgIpc) is 3.22. The quantitative estimate of drug-likeness (QED) is 0.324. The molecule has 0 aromatic heterocycles. The minimum atomic E-state index is -0.638. The van der Waals surface area contributed by atoms with Gasteiger partial charge >= 0.3 is 0 Å². The van der Waals surface area contributed by atoms with Crippen LogP contribution in [0.25, 0.3) is 0 Å². The Bertz CT molecular complexity index is 990. The zero-order valence-corrected chi connectivity index (χ0v) is 15.1. The van der Waals surface area contributed by atoms with Crippen LogP contribution in [0.3, 0.4) is 0 Å². The standard InChI is InChI=1S/C22H19N3O3/c23-19-13-9-17(10-14-19)5-2-1-4-16-7-11-18(12-8-16)22(27)25-15-3-6-20(25)21(26)24-28/h7-14,20,28H,3,6,15,23H2,(H,24,26). The number of amides is 2. The van der Waals surface area contributed by atoms with Gasteiger partial charge in [0.1, 0.15) is 6.04 Å². The Kier molecular flexibility index (Phi) is 5.96. The third-order valence-electron chi connectivity index (χ3n) is 4.45. The Balaban J connectivity index is 1.66. The monoisotopic (exact) mass is 373 g/mol. The number of carbonyl (C=O) groups is 2. The van der Waals surface area contributed by atoms with Crippen molar-refractivity contribution in [3.05, 3.63) is 65.2 Å². The van der Waals surface area contributed by atoms with Gasteiger partial charge in [0.15, 0.2) is 0 Å². The number of nitrogens with one attached hydrogen (secondary N) is 1. The first kappa shape index (κ1) is 19.0. The van der Waals surface area contributed by atoms with Crippen LogP contribution in [0.4, 0.5) is 5.69 Å². The van der Waals surface area contributed by atoms with E-state index >= 15 is 0 Å². The van der Waals surface area contributed by atoms with Gasteiger partial charge in [-0.1, -0.05) is 11.8 Å². The number of rotatable bonds is 2. The summed E-state index contributed by atoms with van der Waals surface area (Å²) in [5.41, 5.74) is 9.96. The predicted octanol–water partition coefficient (Wildman–Crippen LogP) is 1.78. The first-order valence-electron chi connectivity index (χ1n) is 8.81. The maximum absolute atomic E-state index is 12.6. The summed E-state index contributed by atoms with van der Waals surface area (Å²) in [5, 5.41) is 8.82. The fourth-order valence-electron chi connectivity index (χ4n) is 2.99. The van der Waals surface area contributed by atoms with Crippen LogP contribution >= 0.6 is 0 Å². The summed E-state index contributed by atoms with van der Waals surface area (Å²) in [7, 11) is 0. The van der Waals surface area contributed by atoms with E-state index in [-0.39, 0.29) is 5.91 Å². The van der Waals surface area contributed by atoms with Crippen molar-refractivity contribution in [3.63, 3.8) is 0 Å². The first-order valence-corrected chi connectivity index (χ1v) is 8.81. The molecule has 0 saturated carbocycles. The molecule has 0 spiro atoms. The molecule has 1 aliphatic rings. The van der Waals surface area contributed by atoms with E-state index in [4.69, 9.17) is 10.9 Å². The summed E-state index contributed by atoms with van der Waals surface area (Å²) >= 11 is 0. The van der Waals surface area contributed by atoms with Gasteiger partial charge in [0.05, 0.1) is 0 Å². The van der Waals surface area contributed by atoms with Crippen molar-refractivity contribution in [1.29, 1.82) is 0 Å². The van der Waals surface area contributed by atoms with Gasteiger partial charge in [0, 0.05) is 28.9 Å². The number of nitrogens with two attached hydrogens (primary N) is 1. The Hall–Kier alpha value is -3.74. The van der Waals surface area contributed by atoms with Crippen LogP contribution in [-0.4, -0.2) is 34.5 Å². The maximum Gasteiger partial charge on any atom is 0.266 e. The SMILES string of the molecule is Nc1ccc(C#CC#Cc2ccc(C(=O)N3CCCC3C(=O)NO)cc2)cc1. The number of hydroxylamine groups is 1. The van der Waals surface area contributed by atoms with Crippen LogP contribution in [-0.2, 0) is 4.79 Å². The normalized spacial score (nSPS) is 15.0. The minimum absolute atomic E-state index is 0.242. The number of carbonyl (C=O) groups excluding carboxylic acids is 2. The molecular formula is C22H19N3O3. The molecule has 1 unspecified atom stereocenters. The highest BCUT2D eigenvalue weighted by atomic mass is 16.5. The second-order valence-corrected chi connectivity index (χ2v) is 6.33. The summed E-state index contributed by atoms with van der Waals surface area (Å²) in [6.45, 7) is 0.485. The van der Waals surface area contributed by atoms with Crippen molar-refractivity contribution in [3.8, 4) is 23.7 Å². The van der Waals surface area contributed by atoms with E-state index in [1.807, 2.05) is 12.1 Å². The van der Waals surface area contributed by atoms with Gasteiger partial charge in [0.25, 0.3) is 11.8 Å². The number of hydrogen-bond donors (Lipinski definition) is 3. The van der Waals surface area contributed by atoms with Gasteiger partial charge in [-0.2, -0.15) is 0 Å². The zero-order chi connectivity index (χ0) is 19.9. The highest BCUT2D eigenvalue weighted by Gasteiger charge is 2.34. The molecule has 1 aliphatic heterocycles. The molecule has 0 bridgehead atoms. The Labute approximate surface area is 163 Å². The van der Waals surface area contributed by atoms with E-state index in [0.717, 1.165) is 17.5 Å². The van der Waals surface area contributed by atoms with E-state index in [9.17, 15) is 9.59 Å². The van der Waals surface area contributed by atoms with Gasteiger partial charge < -0.3 is 10.6 Å². The summed E-state index contributed by atoms with van der Waals surface area (Å²) in [6, 6.07) is 13.4. The van der Waals surface area contributed by atoms with E-state index in [0.29, 0.717) is 24.2 Å². The van der Waals surface area contributed by atoms with Crippen molar-refractivity contribution < 1.29 is 14.8 Å². The Morgan fingerprint density at radius 3 is 2.14 bits per heavy atom. The molecule has 3 rings (SSSR count). The zero-order valence-electron chi connectivity index (χ0n) is 15.1. The lowest BCUT2D eigenvalue weighted by Crippen LogP contribution is -2.45. The van der Waals surface area contributed by atoms with Gasteiger partial charge in [-0.25, -0.2) is 5.48 Å². The minimum Gasteiger partial charge on any atom is -0.399 e. The summed E-state index contributed by atoms with van der Waals surface area (Å²) < 4.78 is 0. The molecule has 2 amide bonds. The molecule has 0 aliphatic carbocycles. The third-order valence-corrected chi connectivity index (χ3v) is 4.45. The molecular weight excluding hydrogens is 354 g/mol. The lowest BCUT2D eigenvalue weighted by atomic mass is 10.1. The molecule has 28 heavy (non-hydrogen) atoms. The molecule has 1 fully saturated rings. The van der Waals surface area contributed by atoms with Crippen molar-refractivity contribution in [2.24, 2.45) is 0 Å². The van der Waals surface area contributed by atoms with E-state index < -0.39 is 11.9 Å². The number of benzene rings is 2. The van der Waals surface area contributed by atoms with E-state index in [2.05, 4.69) is 23.7 Å². The maximum atomic E-state index is 12.6. The molecule has 1 atom stereocenters. The van der Waals surface area contributed by atoms with Crippen LogP contribution in [0.2, 0.25) is 0 Å². The summed E-state index contributed by atoms with van der Waals surface area (Å²) in [6.07, 6.45) is 1.26. The number of hydrogen-bond acceptors (Lipinski definition) is 4. The Morgan fingerprint density at radius 2 is 1.57 bits per heavy atom. The molecule has 1 heterocycles. The lowest BCUT2D eigenvalue weighted by Gasteiger charge is -2.22. The van der Waals surface area contributed by atoms with Crippen LogP contribution in [0, 0.1) is 23.7 Å². The molecule has 0 radical (unpaired) electrons. The first-order chi connectivity index (χ1) is 13.6. The van der Waals surface area contributed by atoms with Crippen LogP contribution in [0.1, 0.15) is 34.3 Å². The second-order valence-electron chi connectivity index (χ2n) is 6.33. The third kappa shape index (κ3) is 4.50. The van der Waals surface area contributed by atoms with Crippen molar-refractivity contribution in [2.45, 2.75) is 18.9 Å². The topological polar surface area (TPSA) is 95.7 Å². The predicted molar refractivity (Wildman–Crippen MR) is 105 cm³/mol. The van der Waals surface area contributed by atoms with Crippen molar-refractivity contribution in [1.82, 2.24) is 10.4 Å². The summed E-state index contributed by atoms with van der Waals surface area (Å²) in [5.74, 6) is 10.6. The fraction of sp³-hybridized carbons (Fsp3) is 0.182. The molecule has 6 nitrogen and oxygen atoms in total. The van der Waals surface area contributed by atoms with Crippen LogP contribution < -0.4 is 11.2 Å². The average molecular weight is 373 g/mol. The largest absolute Gasteiger partial charge is 0.399 e. The second kappa shape index (κ2) is 8.77. The van der Waals surface area contributed by atoms with Gasteiger partial charge in [-0.05, 0) is 73.2 Å². The van der Waals surface area contributed by atoms with E-state index in [1.54, 1.807) is 41.9 Å². The number of likely N-dealkylation sites (tertiary alicyclic amines) is 1. The van der Waals surface area contributed by atoms with Gasteiger partial charge in [-0.3, -0.25) is 14.8 Å². The van der Waals surface area contributed by atoms with Gasteiger partial charge in [0.2, 0.25) is 0 Å². The molecule has 1 saturated heterocycles. The molecule has 2 aromatic carbocycles. The fourth-order valence-corrected chi connectivity index (χ4v) is 2.99. The summed E-state index contributed by atoms with van der Waals surface area (Å²) in [4.78, 5) is 25.8. The molecule has 6 heteroatoms. The highest BCUT2D eigenvalue weighted by Crippen LogP contribution is 2.20. The number of nitrogens with zero attached hydrogens (tertiary/aromatic N) is 1. The lowest BCUT2D eigenvalue weighted by molar-refractivity contribution is -0.133. The van der Waals surface area contributed by atoms with Gasteiger partial charge in [-0.15, -0.1) is 0 Å². The Morgan fingerprint density at radius 1 is 1.00 bits per heavy atom. The van der Waals surface area contributed by atoms with E-state index in [1.165, 1.54) is 4.90 Å². The number of nitrogen functional groups attached to an aromatic ring is 1. The molecule has 4 N–H and O–H groups in total.